The third-order valence-corrected chi connectivity index (χ3v) is 2.35. The van der Waals surface area contributed by atoms with E-state index in [0.717, 1.165) is 18.7 Å². The van der Waals surface area contributed by atoms with Gasteiger partial charge < -0.3 is 10.6 Å². The quantitative estimate of drug-likeness (QED) is 0.711. The predicted octanol–water partition coefficient (Wildman–Crippen LogP) is 0.788. The van der Waals surface area contributed by atoms with Gasteiger partial charge in [-0.1, -0.05) is 30.3 Å². The minimum absolute atomic E-state index is 0.0228. The van der Waals surface area contributed by atoms with Crippen LogP contribution in [0.4, 0.5) is 0 Å². The molecule has 1 aliphatic rings. The second kappa shape index (κ2) is 4.75. The Balaban J connectivity index is 1.85. The zero-order valence-corrected chi connectivity index (χ0v) is 8.44. The first-order valence-electron chi connectivity index (χ1n) is 5.09. The van der Waals surface area contributed by atoms with Crippen LogP contribution in [0.25, 0.3) is 6.08 Å². The van der Waals surface area contributed by atoms with Gasteiger partial charge in [0.2, 0.25) is 5.91 Å². The summed E-state index contributed by atoms with van der Waals surface area (Å²) in [6.45, 7) is 1.76. The topological polar surface area (TPSA) is 41.1 Å². The molecule has 0 atom stereocenters. The Morgan fingerprint density at radius 3 is 2.67 bits per heavy atom. The van der Waals surface area contributed by atoms with Crippen LogP contribution in [-0.2, 0) is 4.79 Å². The van der Waals surface area contributed by atoms with E-state index < -0.39 is 0 Å². The molecule has 1 amide bonds. The van der Waals surface area contributed by atoms with E-state index in [2.05, 4.69) is 10.6 Å². The molecule has 15 heavy (non-hydrogen) atoms. The molecule has 1 heterocycles. The van der Waals surface area contributed by atoms with Crippen molar-refractivity contribution in [1.29, 1.82) is 0 Å². The van der Waals surface area contributed by atoms with Crippen molar-refractivity contribution in [3.8, 4) is 0 Å². The van der Waals surface area contributed by atoms with Gasteiger partial charge in [-0.2, -0.15) is 0 Å². The van der Waals surface area contributed by atoms with Gasteiger partial charge in [-0.05, 0) is 11.6 Å². The Morgan fingerprint density at radius 1 is 1.33 bits per heavy atom. The number of hydrogen-bond donors (Lipinski definition) is 2. The Bertz CT molecular complexity index is 355. The lowest BCUT2D eigenvalue weighted by molar-refractivity contribution is -0.117. The lowest BCUT2D eigenvalue weighted by Gasteiger charge is -2.27. The number of benzene rings is 1. The highest BCUT2D eigenvalue weighted by molar-refractivity contribution is 5.91. The summed E-state index contributed by atoms with van der Waals surface area (Å²) in [6.07, 6.45) is 3.40. The van der Waals surface area contributed by atoms with Crippen LogP contribution < -0.4 is 10.6 Å². The molecule has 1 fully saturated rings. The summed E-state index contributed by atoms with van der Waals surface area (Å²) < 4.78 is 0. The first-order chi connectivity index (χ1) is 7.34. The molecular formula is C12H14N2O. The van der Waals surface area contributed by atoms with Gasteiger partial charge in [-0.25, -0.2) is 0 Å². The molecule has 1 aromatic carbocycles. The van der Waals surface area contributed by atoms with Crippen molar-refractivity contribution in [2.24, 2.45) is 0 Å². The molecule has 1 aromatic rings. The highest BCUT2D eigenvalue weighted by Gasteiger charge is 2.16. The summed E-state index contributed by atoms with van der Waals surface area (Å²) >= 11 is 0. The van der Waals surface area contributed by atoms with Gasteiger partial charge >= 0.3 is 0 Å². The molecule has 1 aliphatic heterocycles. The van der Waals surface area contributed by atoms with E-state index in [1.165, 1.54) is 0 Å². The van der Waals surface area contributed by atoms with Crippen molar-refractivity contribution in [2.45, 2.75) is 6.04 Å². The minimum Gasteiger partial charge on any atom is -0.347 e. The first-order valence-corrected chi connectivity index (χ1v) is 5.09. The molecule has 0 aromatic heterocycles. The summed E-state index contributed by atoms with van der Waals surface area (Å²) in [4.78, 5) is 11.4. The maximum absolute atomic E-state index is 11.4. The number of nitrogens with one attached hydrogen (secondary N) is 2. The Kier molecular flexibility index (Phi) is 3.15. The van der Waals surface area contributed by atoms with Crippen molar-refractivity contribution < 1.29 is 4.79 Å². The van der Waals surface area contributed by atoms with Crippen molar-refractivity contribution in [2.75, 3.05) is 13.1 Å². The number of carbonyl (C=O) groups excluding carboxylic acids is 1. The van der Waals surface area contributed by atoms with Crippen LogP contribution in [0, 0.1) is 0 Å². The average molecular weight is 202 g/mol. The van der Waals surface area contributed by atoms with Gasteiger partial charge in [-0.3, -0.25) is 4.79 Å². The molecule has 0 spiro atoms. The fraction of sp³-hybridized carbons (Fsp3) is 0.250. The zero-order valence-electron chi connectivity index (χ0n) is 8.44. The molecule has 0 radical (unpaired) electrons. The van der Waals surface area contributed by atoms with E-state index in [4.69, 9.17) is 0 Å². The smallest absolute Gasteiger partial charge is 0.244 e. The van der Waals surface area contributed by atoms with Crippen LogP contribution in [-0.4, -0.2) is 25.0 Å². The Hall–Kier alpha value is -1.61. The number of hydrogen-bond acceptors (Lipinski definition) is 2. The highest BCUT2D eigenvalue weighted by atomic mass is 16.1. The summed E-state index contributed by atoms with van der Waals surface area (Å²) in [5.41, 5.74) is 1.04. The van der Waals surface area contributed by atoms with Gasteiger partial charge in [0.25, 0.3) is 0 Å². The van der Waals surface area contributed by atoms with Crippen LogP contribution in [0.15, 0.2) is 36.4 Å². The zero-order chi connectivity index (χ0) is 10.5. The molecule has 0 saturated carbocycles. The highest BCUT2D eigenvalue weighted by Crippen LogP contribution is 2.00. The van der Waals surface area contributed by atoms with Crippen LogP contribution in [0.3, 0.4) is 0 Å². The number of carbonyl (C=O) groups is 1. The van der Waals surface area contributed by atoms with Crippen LogP contribution >= 0.6 is 0 Å². The Labute approximate surface area is 89.2 Å². The molecule has 78 valence electrons. The second-order valence-electron chi connectivity index (χ2n) is 3.61. The molecule has 0 bridgehead atoms. The second-order valence-corrected chi connectivity index (χ2v) is 3.61. The number of rotatable bonds is 3. The molecule has 3 nitrogen and oxygen atoms in total. The van der Waals surface area contributed by atoms with Gasteiger partial charge in [0.15, 0.2) is 0 Å². The summed E-state index contributed by atoms with van der Waals surface area (Å²) in [7, 11) is 0. The maximum atomic E-state index is 11.4. The molecule has 3 heteroatoms. The van der Waals surface area contributed by atoms with Crippen molar-refractivity contribution >= 4 is 12.0 Å². The third-order valence-electron chi connectivity index (χ3n) is 2.35. The van der Waals surface area contributed by atoms with Crippen molar-refractivity contribution in [1.82, 2.24) is 10.6 Å². The van der Waals surface area contributed by atoms with Gasteiger partial charge in [0.05, 0.1) is 6.04 Å². The molecule has 0 unspecified atom stereocenters. The largest absolute Gasteiger partial charge is 0.347 e. The molecule has 0 aliphatic carbocycles. The van der Waals surface area contributed by atoms with Crippen LogP contribution in [0.5, 0.6) is 0 Å². The maximum Gasteiger partial charge on any atom is 0.244 e. The lowest BCUT2D eigenvalue weighted by atomic mass is 10.2. The molecule has 2 rings (SSSR count). The lowest BCUT2D eigenvalue weighted by Crippen LogP contribution is -2.56. The Morgan fingerprint density at radius 2 is 2.07 bits per heavy atom. The molecular weight excluding hydrogens is 188 g/mol. The van der Waals surface area contributed by atoms with Crippen LogP contribution in [0.2, 0.25) is 0 Å². The van der Waals surface area contributed by atoms with E-state index >= 15 is 0 Å². The fourth-order valence-electron chi connectivity index (χ4n) is 1.38. The standard InChI is InChI=1S/C12H14N2O/c15-12(14-11-8-13-9-11)7-6-10-4-2-1-3-5-10/h1-7,11,13H,8-9H2,(H,14,15). The van der Waals surface area contributed by atoms with Gasteiger partial charge in [0.1, 0.15) is 0 Å². The fourth-order valence-corrected chi connectivity index (χ4v) is 1.38. The normalized spacial score (nSPS) is 16.3. The van der Waals surface area contributed by atoms with E-state index in [0.29, 0.717) is 6.04 Å². The summed E-state index contributed by atoms with van der Waals surface area (Å²) in [5, 5.41) is 6.00. The van der Waals surface area contributed by atoms with Gasteiger partial charge in [-0.15, -0.1) is 0 Å². The summed E-state index contributed by atoms with van der Waals surface area (Å²) in [5.74, 6) is -0.0228. The molecule has 1 saturated heterocycles. The van der Waals surface area contributed by atoms with Gasteiger partial charge in [0, 0.05) is 19.2 Å². The average Bonchev–Trinajstić information content (AvgIpc) is 2.22. The molecule has 2 N–H and O–H groups in total. The van der Waals surface area contributed by atoms with E-state index in [-0.39, 0.29) is 5.91 Å². The minimum atomic E-state index is -0.0228. The van der Waals surface area contributed by atoms with Crippen molar-refractivity contribution in [3.05, 3.63) is 42.0 Å². The third kappa shape index (κ3) is 2.92. The monoisotopic (exact) mass is 202 g/mol. The van der Waals surface area contributed by atoms with Crippen molar-refractivity contribution in [3.63, 3.8) is 0 Å². The SMILES string of the molecule is O=C(C=Cc1ccccc1)NC1CNC1. The predicted molar refractivity (Wildman–Crippen MR) is 60.3 cm³/mol. The first kappa shape index (κ1) is 9.93. The van der Waals surface area contributed by atoms with E-state index in [1.54, 1.807) is 6.08 Å². The van der Waals surface area contributed by atoms with E-state index in [9.17, 15) is 4.79 Å². The number of amides is 1. The van der Waals surface area contributed by atoms with Crippen LogP contribution in [0.1, 0.15) is 5.56 Å². The summed E-state index contributed by atoms with van der Waals surface area (Å²) in [6, 6.07) is 10.1. The van der Waals surface area contributed by atoms with E-state index in [1.807, 2.05) is 36.4 Å².